The number of aromatic nitrogens is 5. The molecule has 0 radical (unpaired) electrons. The molecule has 3 N–H and O–H groups in total. The van der Waals surface area contributed by atoms with Gasteiger partial charge in [-0.05, 0) is 36.6 Å². The van der Waals surface area contributed by atoms with Gasteiger partial charge in [0.1, 0.15) is 29.1 Å². The number of nitrogen functional groups attached to an aromatic ring is 1. The molecular weight excluding hydrogens is 569 g/mol. The number of halogens is 4. The van der Waals surface area contributed by atoms with Gasteiger partial charge in [-0.2, -0.15) is 13.2 Å². The summed E-state index contributed by atoms with van der Waals surface area (Å²) in [5, 5.41) is 3.38. The van der Waals surface area contributed by atoms with E-state index in [1.165, 1.54) is 21.4 Å². The molecule has 0 bridgehead atoms. The maximum absolute atomic E-state index is 13.9. The summed E-state index contributed by atoms with van der Waals surface area (Å²) in [6.07, 6.45) is 2.38. The number of sulfonamides is 1. The van der Waals surface area contributed by atoms with Gasteiger partial charge in [0.15, 0.2) is 0 Å². The molecule has 0 atom stereocenters. The zero-order valence-electron chi connectivity index (χ0n) is 21.1. The second-order valence-electron chi connectivity index (χ2n) is 9.31. The summed E-state index contributed by atoms with van der Waals surface area (Å²) in [7, 11) is -3.31. The Bertz CT molecular complexity index is 1650. The maximum Gasteiger partial charge on any atom is 0.420 e. The Balaban J connectivity index is 1.45. The molecule has 40 heavy (non-hydrogen) atoms. The van der Waals surface area contributed by atoms with Gasteiger partial charge in [0, 0.05) is 43.3 Å². The lowest BCUT2D eigenvalue weighted by Crippen LogP contribution is -2.42. The molecule has 1 aliphatic rings. The van der Waals surface area contributed by atoms with Gasteiger partial charge in [-0.1, -0.05) is 23.7 Å². The SMILES string of the molecule is CS(=O)(=O)N1CCC(Nc2ncc(C(F)(F)F)c(-c3cn(-c4cccc(-c5ccnc(N)c5)c4Cl)cn3)n2)CC1. The molecule has 15 heteroatoms. The molecule has 210 valence electrons. The number of pyridine rings is 1. The van der Waals surface area contributed by atoms with Crippen LogP contribution in [-0.2, 0) is 16.2 Å². The fraction of sp³-hybridized carbons (Fsp3) is 0.280. The topological polar surface area (TPSA) is 132 Å². The van der Waals surface area contributed by atoms with Gasteiger partial charge in [-0.25, -0.2) is 32.7 Å². The van der Waals surface area contributed by atoms with Gasteiger partial charge < -0.3 is 15.6 Å². The summed E-state index contributed by atoms with van der Waals surface area (Å²) in [5.74, 6) is 0.309. The van der Waals surface area contributed by atoms with E-state index in [2.05, 4.69) is 25.3 Å². The monoisotopic (exact) mass is 592 g/mol. The van der Waals surface area contributed by atoms with Crippen LogP contribution in [0.25, 0.3) is 28.2 Å². The minimum atomic E-state index is -4.72. The molecule has 3 aromatic heterocycles. The number of anilines is 2. The van der Waals surface area contributed by atoms with Crippen LogP contribution in [0.3, 0.4) is 0 Å². The normalized spacial score (nSPS) is 15.3. The Hall–Kier alpha value is -3.75. The third-order valence-electron chi connectivity index (χ3n) is 6.52. The van der Waals surface area contributed by atoms with Gasteiger partial charge in [0.05, 0.1) is 17.0 Å². The predicted octanol–water partition coefficient (Wildman–Crippen LogP) is 4.48. The lowest BCUT2D eigenvalue weighted by atomic mass is 10.1. The summed E-state index contributed by atoms with van der Waals surface area (Å²) >= 11 is 6.69. The summed E-state index contributed by atoms with van der Waals surface area (Å²) in [4.78, 5) is 16.2. The van der Waals surface area contributed by atoms with Crippen LogP contribution in [0, 0.1) is 0 Å². The highest BCUT2D eigenvalue weighted by Crippen LogP contribution is 2.37. The highest BCUT2D eigenvalue weighted by atomic mass is 35.5. The van der Waals surface area contributed by atoms with Crippen molar-refractivity contribution in [3.8, 4) is 28.2 Å². The number of piperidine rings is 1. The maximum atomic E-state index is 13.9. The van der Waals surface area contributed by atoms with E-state index in [0.717, 1.165) is 18.0 Å². The van der Waals surface area contributed by atoms with Crippen LogP contribution in [0.2, 0.25) is 5.02 Å². The van der Waals surface area contributed by atoms with Crippen LogP contribution in [-0.4, -0.2) is 62.6 Å². The van der Waals surface area contributed by atoms with Crippen LogP contribution in [0.5, 0.6) is 0 Å². The third kappa shape index (κ3) is 5.88. The number of imidazole rings is 1. The van der Waals surface area contributed by atoms with Crippen molar-refractivity contribution in [3.05, 3.63) is 65.8 Å². The quantitative estimate of drug-likeness (QED) is 0.335. The zero-order chi connectivity index (χ0) is 28.7. The van der Waals surface area contributed by atoms with Gasteiger partial charge in [-0.15, -0.1) is 0 Å². The Morgan fingerprint density at radius 2 is 1.88 bits per heavy atom. The fourth-order valence-corrected chi connectivity index (χ4v) is 5.71. The van der Waals surface area contributed by atoms with Gasteiger partial charge in [0.2, 0.25) is 16.0 Å². The van der Waals surface area contributed by atoms with Crippen molar-refractivity contribution in [2.75, 3.05) is 30.4 Å². The lowest BCUT2D eigenvalue weighted by Gasteiger charge is -2.30. The number of alkyl halides is 3. The number of hydrogen-bond donors (Lipinski definition) is 2. The average molecular weight is 593 g/mol. The predicted molar refractivity (Wildman–Crippen MR) is 145 cm³/mol. The second-order valence-corrected chi connectivity index (χ2v) is 11.7. The minimum absolute atomic E-state index is 0.00865. The highest BCUT2D eigenvalue weighted by Gasteiger charge is 2.36. The largest absolute Gasteiger partial charge is 0.420 e. The first-order chi connectivity index (χ1) is 18.9. The molecule has 0 aliphatic carbocycles. The van der Waals surface area contributed by atoms with Crippen molar-refractivity contribution in [2.24, 2.45) is 0 Å². The van der Waals surface area contributed by atoms with E-state index < -0.39 is 27.5 Å². The molecule has 4 heterocycles. The van der Waals surface area contributed by atoms with Crippen molar-refractivity contribution < 1.29 is 21.6 Å². The van der Waals surface area contributed by atoms with E-state index >= 15 is 0 Å². The van der Waals surface area contributed by atoms with Crippen LogP contribution in [0.1, 0.15) is 18.4 Å². The highest BCUT2D eigenvalue weighted by molar-refractivity contribution is 7.88. The van der Waals surface area contributed by atoms with E-state index in [4.69, 9.17) is 17.3 Å². The molecule has 1 aliphatic heterocycles. The van der Waals surface area contributed by atoms with E-state index in [1.54, 1.807) is 36.5 Å². The molecule has 0 amide bonds. The van der Waals surface area contributed by atoms with Crippen LogP contribution >= 0.6 is 11.6 Å². The fourth-order valence-electron chi connectivity index (χ4n) is 4.50. The van der Waals surface area contributed by atoms with E-state index in [0.29, 0.717) is 48.0 Å². The van der Waals surface area contributed by atoms with Gasteiger partial charge in [0.25, 0.3) is 0 Å². The van der Waals surface area contributed by atoms with E-state index in [9.17, 15) is 21.6 Å². The average Bonchev–Trinajstić information content (AvgIpc) is 3.38. The Morgan fingerprint density at radius 3 is 2.55 bits per heavy atom. The number of nitrogens with zero attached hydrogens (tertiary/aromatic N) is 6. The summed E-state index contributed by atoms with van der Waals surface area (Å²) < 4.78 is 68.1. The number of rotatable bonds is 6. The van der Waals surface area contributed by atoms with Crippen molar-refractivity contribution in [3.63, 3.8) is 0 Å². The van der Waals surface area contributed by atoms with Crippen LogP contribution in [0.4, 0.5) is 24.9 Å². The molecule has 0 unspecified atom stereocenters. The molecule has 1 aromatic carbocycles. The smallest absolute Gasteiger partial charge is 0.384 e. The van der Waals surface area contributed by atoms with Crippen molar-refractivity contribution >= 4 is 33.4 Å². The first-order valence-corrected chi connectivity index (χ1v) is 14.3. The number of hydrogen-bond acceptors (Lipinski definition) is 8. The minimum Gasteiger partial charge on any atom is -0.384 e. The molecular formula is C25H24ClF3N8O2S. The Morgan fingerprint density at radius 1 is 1.12 bits per heavy atom. The molecule has 0 spiro atoms. The van der Waals surface area contributed by atoms with Gasteiger partial charge in [-0.3, -0.25) is 0 Å². The van der Waals surface area contributed by atoms with Crippen molar-refractivity contribution in [2.45, 2.75) is 25.1 Å². The van der Waals surface area contributed by atoms with Gasteiger partial charge >= 0.3 is 6.18 Å². The molecule has 4 aromatic rings. The summed E-state index contributed by atoms with van der Waals surface area (Å²) in [6, 6.07) is 8.47. The lowest BCUT2D eigenvalue weighted by molar-refractivity contribution is -0.137. The van der Waals surface area contributed by atoms with Crippen molar-refractivity contribution in [1.82, 2.24) is 28.8 Å². The first kappa shape index (κ1) is 27.8. The molecule has 10 nitrogen and oxygen atoms in total. The van der Waals surface area contributed by atoms with E-state index in [1.807, 2.05) is 0 Å². The molecule has 1 fully saturated rings. The van der Waals surface area contributed by atoms with Crippen LogP contribution < -0.4 is 11.1 Å². The summed E-state index contributed by atoms with van der Waals surface area (Å²) in [6.45, 7) is 0.584. The Labute approximate surface area is 233 Å². The molecule has 1 saturated heterocycles. The van der Waals surface area contributed by atoms with Crippen LogP contribution in [0.15, 0.2) is 55.2 Å². The molecule has 0 saturated carbocycles. The zero-order valence-corrected chi connectivity index (χ0v) is 22.7. The third-order valence-corrected chi connectivity index (χ3v) is 8.22. The standard InChI is InChI=1S/C25H24ClF3N8O2S/c1-40(38,39)37-9-6-16(7-10-37)34-24-32-12-18(25(27,28)29)23(35-24)19-13-36(14-33-19)20-4-2-3-17(22(20)26)15-5-8-31-21(30)11-15/h2-5,8,11-14,16H,6-7,9-10H2,1H3,(H2,30,31)(H,32,34,35). The van der Waals surface area contributed by atoms with E-state index in [-0.39, 0.29) is 17.7 Å². The molecule has 5 rings (SSSR count). The first-order valence-electron chi connectivity index (χ1n) is 12.1. The number of nitrogens with two attached hydrogens (primary N) is 1. The second kappa shape index (κ2) is 10.7. The van der Waals surface area contributed by atoms with Crippen molar-refractivity contribution in [1.29, 1.82) is 0 Å². The number of benzene rings is 1. The number of nitrogens with one attached hydrogen (secondary N) is 1. The Kier molecular flexibility index (Phi) is 7.42. The summed E-state index contributed by atoms with van der Waals surface area (Å²) in [5.41, 5.74) is 6.22.